The number of nitrogens with two attached hydrogens (primary N) is 1. The van der Waals surface area contributed by atoms with E-state index in [1.807, 2.05) is 0 Å². The lowest BCUT2D eigenvalue weighted by atomic mass is 10.2. The molecule has 0 heterocycles. The molecule has 0 spiro atoms. The van der Waals surface area contributed by atoms with Crippen LogP contribution in [0, 0.1) is 11.6 Å². The van der Waals surface area contributed by atoms with Crippen molar-refractivity contribution < 1.29 is 13.6 Å². The lowest BCUT2D eigenvalue weighted by Crippen LogP contribution is -1.95. The molecule has 0 aliphatic rings. The zero-order valence-corrected chi connectivity index (χ0v) is 5.47. The highest BCUT2D eigenvalue weighted by Gasteiger charge is 2.05. The van der Waals surface area contributed by atoms with Crippen molar-refractivity contribution in [3.05, 3.63) is 29.3 Å². The number of carbonyl (C=O) groups excluding carboxylic acids is 1. The van der Waals surface area contributed by atoms with E-state index in [4.69, 9.17) is 5.73 Å². The maximum absolute atomic E-state index is 12.5. The van der Waals surface area contributed by atoms with Crippen LogP contribution in [0.5, 0.6) is 0 Å². The molecule has 1 aromatic rings. The number of rotatable bonds is 1. The number of carbonyl (C=O) groups is 1. The molecular formula is C7H5F2NO. The van der Waals surface area contributed by atoms with Crippen molar-refractivity contribution in [3.63, 3.8) is 0 Å². The Morgan fingerprint density at radius 1 is 1.27 bits per heavy atom. The zero-order valence-electron chi connectivity index (χ0n) is 5.47. The first-order chi connectivity index (χ1) is 5.15. The molecule has 58 valence electrons. The van der Waals surface area contributed by atoms with Gasteiger partial charge in [-0.05, 0) is 6.07 Å². The average Bonchev–Trinajstić information content (AvgIpc) is 1.97. The molecular weight excluding hydrogens is 152 g/mol. The van der Waals surface area contributed by atoms with Crippen LogP contribution >= 0.6 is 0 Å². The van der Waals surface area contributed by atoms with E-state index in [1.165, 1.54) is 0 Å². The normalized spacial score (nSPS) is 9.64. The van der Waals surface area contributed by atoms with Gasteiger partial charge in [0, 0.05) is 6.07 Å². The van der Waals surface area contributed by atoms with Gasteiger partial charge in [0.05, 0.1) is 11.3 Å². The van der Waals surface area contributed by atoms with Crippen LogP contribution in [-0.2, 0) is 0 Å². The third-order valence-corrected chi connectivity index (χ3v) is 1.24. The summed E-state index contributed by atoms with van der Waals surface area (Å²) in [5.41, 5.74) is 4.60. The Morgan fingerprint density at radius 2 is 1.91 bits per heavy atom. The van der Waals surface area contributed by atoms with Crippen LogP contribution in [0.2, 0.25) is 0 Å². The van der Waals surface area contributed by atoms with Crippen molar-refractivity contribution in [3.8, 4) is 0 Å². The van der Waals surface area contributed by atoms with E-state index in [-0.39, 0.29) is 17.5 Å². The predicted molar refractivity (Wildman–Crippen MR) is 36.2 cm³/mol. The molecule has 0 radical (unpaired) electrons. The van der Waals surface area contributed by atoms with Gasteiger partial charge in [0.15, 0.2) is 6.29 Å². The van der Waals surface area contributed by atoms with Gasteiger partial charge in [-0.15, -0.1) is 0 Å². The molecule has 0 saturated heterocycles. The highest BCUT2D eigenvalue weighted by atomic mass is 19.1. The summed E-state index contributed by atoms with van der Waals surface area (Å²) in [6, 6.07) is 1.54. The van der Waals surface area contributed by atoms with Crippen molar-refractivity contribution in [1.82, 2.24) is 0 Å². The molecule has 11 heavy (non-hydrogen) atoms. The Bertz CT molecular complexity index is 299. The topological polar surface area (TPSA) is 43.1 Å². The number of hydrogen-bond donors (Lipinski definition) is 1. The first kappa shape index (κ1) is 7.65. The standard InChI is InChI=1S/C7H5F2NO/c8-5-2-6(9)7(10)1-4(5)3-11/h1-3H,10H2. The third-order valence-electron chi connectivity index (χ3n) is 1.24. The Hall–Kier alpha value is -1.45. The van der Waals surface area contributed by atoms with Crippen molar-refractivity contribution in [2.24, 2.45) is 0 Å². The second kappa shape index (κ2) is 2.65. The molecule has 2 nitrogen and oxygen atoms in total. The van der Waals surface area contributed by atoms with Gasteiger partial charge in [-0.2, -0.15) is 0 Å². The van der Waals surface area contributed by atoms with Crippen molar-refractivity contribution >= 4 is 12.0 Å². The van der Waals surface area contributed by atoms with Crippen LogP contribution < -0.4 is 5.73 Å². The summed E-state index contributed by atoms with van der Waals surface area (Å²) >= 11 is 0. The van der Waals surface area contributed by atoms with Gasteiger partial charge in [-0.3, -0.25) is 4.79 Å². The summed E-state index contributed by atoms with van der Waals surface area (Å²) < 4.78 is 24.9. The molecule has 0 fully saturated rings. The van der Waals surface area contributed by atoms with Gasteiger partial charge in [0.25, 0.3) is 0 Å². The molecule has 0 saturated carbocycles. The molecule has 0 aromatic heterocycles. The van der Waals surface area contributed by atoms with E-state index in [0.29, 0.717) is 6.07 Å². The smallest absolute Gasteiger partial charge is 0.153 e. The van der Waals surface area contributed by atoms with Gasteiger partial charge in [0.1, 0.15) is 11.6 Å². The highest BCUT2D eigenvalue weighted by Crippen LogP contribution is 2.14. The molecule has 0 bridgehead atoms. The molecule has 0 amide bonds. The minimum absolute atomic E-state index is 0.228. The summed E-state index contributed by atoms with van der Waals surface area (Å²) in [7, 11) is 0. The molecule has 4 heteroatoms. The van der Waals surface area contributed by atoms with Crippen molar-refractivity contribution in [2.45, 2.75) is 0 Å². The Balaban J connectivity index is 3.31. The van der Waals surface area contributed by atoms with E-state index in [1.54, 1.807) is 0 Å². The van der Waals surface area contributed by atoms with Gasteiger partial charge in [0.2, 0.25) is 0 Å². The first-order valence-electron chi connectivity index (χ1n) is 2.85. The fraction of sp³-hybridized carbons (Fsp3) is 0. The van der Waals surface area contributed by atoms with E-state index in [9.17, 15) is 13.6 Å². The third kappa shape index (κ3) is 1.34. The van der Waals surface area contributed by atoms with E-state index < -0.39 is 11.6 Å². The van der Waals surface area contributed by atoms with Gasteiger partial charge >= 0.3 is 0 Å². The highest BCUT2D eigenvalue weighted by molar-refractivity contribution is 5.77. The van der Waals surface area contributed by atoms with Crippen LogP contribution in [0.15, 0.2) is 12.1 Å². The number of anilines is 1. The summed E-state index contributed by atoms with van der Waals surface area (Å²) in [5.74, 6) is -1.75. The Labute approximate surface area is 61.6 Å². The van der Waals surface area contributed by atoms with Crippen LogP contribution in [0.25, 0.3) is 0 Å². The van der Waals surface area contributed by atoms with Crippen molar-refractivity contribution in [1.29, 1.82) is 0 Å². The monoisotopic (exact) mass is 157 g/mol. The number of hydrogen-bond acceptors (Lipinski definition) is 2. The molecule has 1 rings (SSSR count). The summed E-state index contributed by atoms with van der Waals surface area (Å²) in [6.45, 7) is 0. The molecule has 0 atom stereocenters. The zero-order chi connectivity index (χ0) is 8.43. The lowest BCUT2D eigenvalue weighted by Gasteiger charge is -1.97. The Kier molecular flexibility index (Phi) is 1.85. The second-order valence-electron chi connectivity index (χ2n) is 2.01. The number of halogens is 2. The van der Waals surface area contributed by atoms with Crippen LogP contribution in [0.1, 0.15) is 10.4 Å². The van der Waals surface area contributed by atoms with Gasteiger partial charge < -0.3 is 5.73 Å². The SMILES string of the molecule is Nc1cc(C=O)c(F)cc1F. The van der Waals surface area contributed by atoms with Gasteiger partial charge in [-0.25, -0.2) is 8.78 Å². The molecule has 0 aliphatic carbocycles. The number of aldehydes is 1. The number of nitrogen functional groups attached to an aromatic ring is 1. The summed E-state index contributed by atoms with van der Waals surface area (Å²) in [4.78, 5) is 10.1. The predicted octanol–water partition coefficient (Wildman–Crippen LogP) is 1.36. The second-order valence-corrected chi connectivity index (χ2v) is 2.01. The minimum Gasteiger partial charge on any atom is -0.396 e. The maximum Gasteiger partial charge on any atom is 0.153 e. The van der Waals surface area contributed by atoms with Crippen LogP contribution in [-0.4, -0.2) is 6.29 Å². The molecule has 0 aliphatic heterocycles. The van der Waals surface area contributed by atoms with E-state index in [2.05, 4.69) is 0 Å². The van der Waals surface area contributed by atoms with Crippen LogP contribution in [0.3, 0.4) is 0 Å². The minimum atomic E-state index is -0.897. The molecule has 0 unspecified atom stereocenters. The van der Waals surface area contributed by atoms with E-state index in [0.717, 1.165) is 6.07 Å². The fourth-order valence-electron chi connectivity index (χ4n) is 0.674. The first-order valence-corrected chi connectivity index (χ1v) is 2.85. The summed E-state index contributed by atoms with van der Waals surface area (Å²) in [6.07, 6.45) is 0.283. The van der Waals surface area contributed by atoms with Crippen LogP contribution in [0.4, 0.5) is 14.5 Å². The average molecular weight is 157 g/mol. The molecule has 1 aromatic carbocycles. The fourth-order valence-corrected chi connectivity index (χ4v) is 0.674. The van der Waals surface area contributed by atoms with Gasteiger partial charge in [-0.1, -0.05) is 0 Å². The van der Waals surface area contributed by atoms with E-state index >= 15 is 0 Å². The quantitative estimate of drug-likeness (QED) is 0.494. The molecule has 2 N–H and O–H groups in total. The van der Waals surface area contributed by atoms with Crippen molar-refractivity contribution in [2.75, 3.05) is 5.73 Å². The largest absolute Gasteiger partial charge is 0.396 e. The summed E-state index contributed by atoms with van der Waals surface area (Å²) in [5, 5.41) is 0. The lowest BCUT2D eigenvalue weighted by molar-refractivity contribution is 0.112. The Morgan fingerprint density at radius 3 is 2.45 bits per heavy atom. The maximum atomic E-state index is 12.5. The number of benzene rings is 1.